The molecule has 0 aromatic heterocycles. The molecule has 1 aromatic carbocycles. The lowest BCUT2D eigenvalue weighted by molar-refractivity contribution is -0.144. The van der Waals surface area contributed by atoms with Crippen LogP contribution < -0.4 is 5.32 Å². The molecule has 0 atom stereocenters. The zero-order chi connectivity index (χ0) is 15.4. The topological polar surface area (TPSA) is 69.6 Å². The van der Waals surface area contributed by atoms with Crippen molar-refractivity contribution in [2.45, 2.75) is 39.2 Å². The Hall–Kier alpha value is -1.88. The van der Waals surface area contributed by atoms with Crippen LogP contribution in [0.15, 0.2) is 18.2 Å². The van der Waals surface area contributed by atoms with E-state index >= 15 is 0 Å². The number of anilines is 1. The molecule has 5 heteroatoms. The third kappa shape index (κ3) is 3.82. The normalized spacial score (nSPS) is 15.9. The highest BCUT2D eigenvalue weighted by atomic mass is 16.3. The standard InChI is InChI=1S/C16H22N2O3/c1-3-12-10-13(5-4-11(12)2)17-15(20)16(21)18-8-6-14(19)7-9-18/h4-5,10,14,19H,3,6-9H2,1-2H3,(H,17,20). The number of carbonyl (C=O) groups excluding carboxylic acids is 2. The van der Waals surface area contributed by atoms with Crippen LogP contribution in [0.25, 0.3) is 0 Å². The number of benzene rings is 1. The molecule has 1 aromatic rings. The summed E-state index contributed by atoms with van der Waals surface area (Å²) in [4.78, 5) is 25.6. The van der Waals surface area contributed by atoms with Crippen LogP contribution in [0.1, 0.15) is 30.9 Å². The molecule has 1 saturated heterocycles. The maximum Gasteiger partial charge on any atom is 0.313 e. The predicted molar refractivity (Wildman–Crippen MR) is 81.0 cm³/mol. The Balaban J connectivity index is 1.99. The van der Waals surface area contributed by atoms with Crippen molar-refractivity contribution in [2.75, 3.05) is 18.4 Å². The van der Waals surface area contributed by atoms with Crippen LogP contribution in [0.4, 0.5) is 5.69 Å². The van der Waals surface area contributed by atoms with Crippen molar-refractivity contribution >= 4 is 17.5 Å². The first-order valence-electron chi connectivity index (χ1n) is 7.39. The molecular formula is C16H22N2O3. The van der Waals surface area contributed by atoms with Crippen LogP contribution >= 0.6 is 0 Å². The number of nitrogens with one attached hydrogen (secondary N) is 1. The van der Waals surface area contributed by atoms with Gasteiger partial charge in [0.2, 0.25) is 0 Å². The lowest BCUT2D eigenvalue weighted by atomic mass is 10.1. The van der Waals surface area contributed by atoms with Gasteiger partial charge >= 0.3 is 11.8 Å². The van der Waals surface area contributed by atoms with Crippen LogP contribution in [-0.4, -0.2) is 41.0 Å². The van der Waals surface area contributed by atoms with Gasteiger partial charge < -0.3 is 15.3 Å². The summed E-state index contributed by atoms with van der Waals surface area (Å²) >= 11 is 0. The molecule has 2 N–H and O–H groups in total. The number of piperidine rings is 1. The van der Waals surface area contributed by atoms with Crippen molar-refractivity contribution in [1.82, 2.24) is 4.90 Å². The monoisotopic (exact) mass is 290 g/mol. The van der Waals surface area contributed by atoms with E-state index < -0.39 is 11.8 Å². The van der Waals surface area contributed by atoms with Gasteiger partial charge in [-0.05, 0) is 49.4 Å². The minimum atomic E-state index is -0.614. The van der Waals surface area contributed by atoms with Gasteiger partial charge in [-0.2, -0.15) is 0 Å². The van der Waals surface area contributed by atoms with E-state index in [9.17, 15) is 14.7 Å². The third-order valence-electron chi connectivity index (χ3n) is 3.93. The molecular weight excluding hydrogens is 268 g/mol. The summed E-state index contributed by atoms with van der Waals surface area (Å²) < 4.78 is 0. The Morgan fingerprint density at radius 1 is 1.33 bits per heavy atom. The van der Waals surface area contributed by atoms with Crippen molar-refractivity contribution < 1.29 is 14.7 Å². The number of likely N-dealkylation sites (tertiary alicyclic amines) is 1. The van der Waals surface area contributed by atoms with Gasteiger partial charge in [-0.15, -0.1) is 0 Å². The van der Waals surface area contributed by atoms with Crippen LogP contribution in [0.3, 0.4) is 0 Å². The predicted octanol–water partition coefficient (Wildman–Crippen LogP) is 1.48. The van der Waals surface area contributed by atoms with Gasteiger partial charge in [0.15, 0.2) is 0 Å². The molecule has 0 saturated carbocycles. The Kier molecular flexibility index (Phi) is 4.96. The first-order chi connectivity index (χ1) is 10.0. The second-order valence-electron chi connectivity index (χ2n) is 5.47. The van der Waals surface area contributed by atoms with Gasteiger partial charge in [-0.1, -0.05) is 13.0 Å². The molecule has 0 aliphatic carbocycles. The van der Waals surface area contributed by atoms with E-state index in [1.165, 1.54) is 10.5 Å². The minimum Gasteiger partial charge on any atom is -0.393 e. The van der Waals surface area contributed by atoms with Crippen molar-refractivity contribution in [3.63, 3.8) is 0 Å². The van der Waals surface area contributed by atoms with Crippen molar-refractivity contribution in [3.8, 4) is 0 Å². The maximum atomic E-state index is 12.1. The average Bonchev–Trinajstić information content (AvgIpc) is 2.49. The summed E-state index contributed by atoms with van der Waals surface area (Å²) in [5, 5.41) is 12.1. The number of rotatable bonds is 2. The Bertz CT molecular complexity index is 534. The van der Waals surface area contributed by atoms with Crippen molar-refractivity contribution in [2.24, 2.45) is 0 Å². The minimum absolute atomic E-state index is 0.360. The summed E-state index contributed by atoms with van der Waals surface area (Å²) in [5.74, 6) is -1.14. The van der Waals surface area contributed by atoms with E-state index in [-0.39, 0.29) is 6.10 Å². The Morgan fingerprint density at radius 2 is 2.00 bits per heavy atom. The van der Waals surface area contributed by atoms with E-state index in [1.807, 2.05) is 19.1 Å². The van der Waals surface area contributed by atoms with Gasteiger partial charge in [0.25, 0.3) is 0 Å². The molecule has 0 radical (unpaired) electrons. The average molecular weight is 290 g/mol. The zero-order valence-electron chi connectivity index (χ0n) is 12.6. The lowest BCUT2D eigenvalue weighted by Gasteiger charge is -2.28. The molecule has 0 unspecified atom stereocenters. The number of aryl methyl sites for hydroxylation is 2. The highest BCUT2D eigenvalue weighted by molar-refractivity contribution is 6.39. The number of carbonyl (C=O) groups is 2. The molecule has 1 aliphatic heterocycles. The molecule has 2 amide bonds. The van der Waals surface area contributed by atoms with Crippen LogP contribution in [0, 0.1) is 6.92 Å². The lowest BCUT2D eigenvalue weighted by Crippen LogP contribution is -2.45. The molecule has 0 bridgehead atoms. The number of hydrogen-bond donors (Lipinski definition) is 2. The second-order valence-corrected chi connectivity index (χ2v) is 5.47. The smallest absolute Gasteiger partial charge is 0.313 e. The molecule has 1 aliphatic rings. The highest BCUT2D eigenvalue weighted by Crippen LogP contribution is 2.16. The van der Waals surface area contributed by atoms with Crippen molar-refractivity contribution in [1.29, 1.82) is 0 Å². The Morgan fingerprint density at radius 3 is 2.62 bits per heavy atom. The number of hydrogen-bond acceptors (Lipinski definition) is 3. The maximum absolute atomic E-state index is 12.1. The van der Waals surface area contributed by atoms with Gasteiger partial charge in [0, 0.05) is 18.8 Å². The van der Waals surface area contributed by atoms with E-state index in [0.717, 1.165) is 12.0 Å². The fourth-order valence-corrected chi connectivity index (χ4v) is 2.53. The van der Waals surface area contributed by atoms with Gasteiger partial charge in [-0.25, -0.2) is 0 Å². The first kappa shape index (κ1) is 15.5. The Labute approximate surface area is 125 Å². The number of aliphatic hydroxyl groups is 1. The zero-order valence-corrected chi connectivity index (χ0v) is 12.6. The summed E-state index contributed by atoms with van der Waals surface area (Å²) in [6, 6.07) is 5.65. The number of amides is 2. The summed E-state index contributed by atoms with van der Waals surface area (Å²) in [7, 11) is 0. The molecule has 114 valence electrons. The molecule has 2 rings (SSSR count). The van der Waals surface area contributed by atoms with Crippen molar-refractivity contribution in [3.05, 3.63) is 29.3 Å². The summed E-state index contributed by atoms with van der Waals surface area (Å²) in [5.41, 5.74) is 2.97. The highest BCUT2D eigenvalue weighted by Gasteiger charge is 2.26. The quantitative estimate of drug-likeness (QED) is 0.811. The van der Waals surface area contributed by atoms with E-state index in [4.69, 9.17) is 0 Å². The number of aliphatic hydroxyl groups excluding tert-OH is 1. The largest absolute Gasteiger partial charge is 0.393 e. The SMILES string of the molecule is CCc1cc(NC(=O)C(=O)N2CCC(O)CC2)ccc1C. The number of nitrogens with zero attached hydrogens (tertiary/aromatic N) is 1. The molecule has 1 heterocycles. The fraction of sp³-hybridized carbons (Fsp3) is 0.500. The van der Waals surface area contributed by atoms with Crippen LogP contribution in [0.2, 0.25) is 0 Å². The summed E-state index contributed by atoms with van der Waals surface area (Å²) in [6.07, 6.45) is 1.59. The third-order valence-corrected chi connectivity index (χ3v) is 3.93. The first-order valence-corrected chi connectivity index (χ1v) is 7.39. The van der Waals surface area contributed by atoms with Gasteiger partial charge in [0.1, 0.15) is 0 Å². The second kappa shape index (κ2) is 6.72. The van der Waals surface area contributed by atoms with E-state index in [0.29, 0.717) is 31.6 Å². The summed E-state index contributed by atoms with van der Waals surface area (Å²) in [6.45, 7) is 4.94. The van der Waals surface area contributed by atoms with Crippen LogP contribution in [0.5, 0.6) is 0 Å². The molecule has 5 nitrogen and oxygen atoms in total. The van der Waals surface area contributed by atoms with Crippen LogP contribution in [-0.2, 0) is 16.0 Å². The van der Waals surface area contributed by atoms with Gasteiger partial charge in [-0.3, -0.25) is 9.59 Å². The fourth-order valence-electron chi connectivity index (χ4n) is 2.53. The van der Waals surface area contributed by atoms with E-state index in [1.54, 1.807) is 6.07 Å². The molecule has 21 heavy (non-hydrogen) atoms. The molecule has 0 spiro atoms. The van der Waals surface area contributed by atoms with E-state index in [2.05, 4.69) is 12.2 Å². The van der Waals surface area contributed by atoms with Gasteiger partial charge in [0.05, 0.1) is 6.10 Å². The molecule has 1 fully saturated rings.